The zero-order valence-electron chi connectivity index (χ0n) is 11.2. The Morgan fingerprint density at radius 1 is 0.950 bits per heavy atom. The minimum atomic E-state index is -0.792. The van der Waals surface area contributed by atoms with Gasteiger partial charge in [-0.3, -0.25) is 4.79 Å². The molecule has 2 aromatic carbocycles. The Morgan fingerprint density at radius 3 is 2.05 bits per heavy atom. The van der Waals surface area contributed by atoms with Crippen LogP contribution in [-0.4, -0.2) is 17.3 Å². The summed E-state index contributed by atoms with van der Waals surface area (Å²) in [4.78, 5) is 13.0. The zero-order valence-corrected chi connectivity index (χ0v) is 12.8. The van der Waals surface area contributed by atoms with Gasteiger partial charge in [-0.1, -0.05) is 24.3 Å². The highest BCUT2D eigenvalue weighted by Gasteiger charge is 2.01. The fraction of sp³-hybridized carbons (Fsp3) is 0.188. The largest absolute Gasteiger partial charge is 0.481 e. The number of carbonyl (C=O) groups is 1. The summed E-state index contributed by atoms with van der Waals surface area (Å²) in [5.74, 6) is 0.131. The molecule has 2 rings (SSSR count). The summed E-state index contributed by atoms with van der Waals surface area (Å²) in [5, 5.41) is 8.72. The highest BCUT2D eigenvalue weighted by Crippen LogP contribution is 2.24. The molecule has 104 valence electrons. The topological polar surface area (TPSA) is 37.3 Å². The predicted molar refractivity (Wildman–Crippen MR) is 85.6 cm³/mol. The van der Waals surface area contributed by atoms with E-state index in [-0.39, 0.29) is 6.42 Å². The van der Waals surface area contributed by atoms with Gasteiger partial charge in [-0.15, -0.1) is 23.5 Å². The first-order valence-electron chi connectivity index (χ1n) is 6.24. The molecular formula is C16H16O2S2. The van der Waals surface area contributed by atoms with Crippen LogP contribution in [0.4, 0.5) is 0 Å². The summed E-state index contributed by atoms with van der Waals surface area (Å²) < 4.78 is 0. The molecule has 2 aromatic rings. The van der Waals surface area contributed by atoms with Gasteiger partial charge in [0.15, 0.2) is 0 Å². The smallest absolute Gasteiger partial charge is 0.307 e. The lowest BCUT2D eigenvalue weighted by atomic mass is 10.2. The average Bonchev–Trinajstić information content (AvgIpc) is 2.46. The van der Waals surface area contributed by atoms with E-state index in [0.29, 0.717) is 0 Å². The number of carboxylic acids is 1. The Labute approximate surface area is 127 Å². The second-order valence-electron chi connectivity index (χ2n) is 4.35. The summed E-state index contributed by atoms with van der Waals surface area (Å²) in [6.45, 7) is 0. The maximum absolute atomic E-state index is 10.6. The van der Waals surface area contributed by atoms with Crippen molar-refractivity contribution in [3.63, 3.8) is 0 Å². The molecular weight excluding hydrogens is 288 g/mol. The minimum Gasteiger partial charge on any atom is -0.481 e. The fourth-order valence-corrected chi connectivity index (χ4v) is 3.03. The second kappa shape index (κ2) is 7.41. The number of hydrogen-bond donors (Lipinski definition) is 1. The number of benzene rings is 2. The molecule has 0 fully saturated rings. The lowest BCUT2D eigenvalue weighted by Gasteiger charge is -2.04. The summed E-state index contributed by atoms with van der Waals surface area (Å²) in [7, 11) is 0. The molecule has 20 heavy (non-hydrogen) atoms. The maximum atomic E-state index is 10.6. The molecule has 0 saturated heterocycles. The van der Waals surface area contributed by atoms with E-state index >= 15 is 0 Å². The van der Waals surface area contributed by atoms with E-state index in [2.05, 4.69) is 30.5 Å². The third-order valence-corrected chi connectivity index (χ3v) is 4.67. The van der Waals surface area contributed by atoms with E-state index in [9.17, 15) is 4.79 Å². The molecule has 1 N–H and O–H groups in total. The van der Waals surface area contributed by atoms with Crippen molar-refractivity contribution >= 4 is 29.5 Å². The number of aliphatic carboxylic acids is 1. The average molecular weight is 304 g/mol. The van der Waals surface area contributed by atoms with Crippen LogP contribution in [0.3, 0.4) is 0 Å². The van der Waals surface area contributed by atoms with Gasteiger partial charge < -0.3 is 5.11 Å². The van der Waals surface area contributed by atoms with E-state index in [1.165, 1.54) is 10.5 Å². The molecule has 0 spiro atoms. The molecule has 0 aliphatic heterocycles. The van der Waals surface area contributed by atoms with Crippen LogP contribution < -0.4 is 0 Å². The van der Waals surface area contributed by atoms with Gasteiger partial charge in [0.1, 0.15) is 0 Å². The van der Waals surface area contributed by atoms with Crippen molar-refractivity contribution < 1.29 is 9.90 Å². The first-order valence-corrected chi connectivity index (χ1v) is 8.45. The molecule has 0 aliphatic carbocycles. The van der Waals surface area contributed by atoms with Crippen molar-refractivity contribution in [2.45, 2.75) is 22.0 Å². The van der Waals surface area contributed by atoms with Crippen molar-refractivity contribution in [3.8, 4) is 0 Å². The standard InChI is InChI=1S/C16H16O2S2/c1-19-14-6-4-13(5-7-14)11-20-15-8-2-12(3-9-15)10-16(17)18/h2-9H,10-11H2,1H3,(H,17,18). The van der Waals surface area contributed by atoms with Crippen LogP contribution in [0.5, 0.6) is 0 Å². The normalized spacial score (nSPS) is 10.4. The van der Waals surface area contributed by atoms with E-state index in [1.54, 1.807) is 23.5 Å². The van der Waals surface area contributed by atoms with E-state index in [1.807, 2.05) is 24.3 Å². The van der Waals surface area contributed by atoms with Gasteiger partial charge in [0.25, 0.3) is 0 Å². The Hall–Kier alpha value is -1.39. The third-order valence-electron chi connectivity index (χ3n) is 2.84. The van der Waals surface area contributed by atoms with Crippen LogP contribution in [0.2, 0.25) is 0 Å². The molecule has 0 amide bonds. The van der Waals surface area contributed by atoms with Crippen LogP contribution in [-0.2, 0) is 17.0 Å². The highest BCUT2D eigenvalue weighted by molar-refractivity contribution is 7.98. The van der Waals surface area contributed by atoms with E-state index < -0.39 is 5.97 Å². The summed E-state index contributed by atoms with van der Waals surface area (Å²) >= 11 is 3.50. The van der Waals surface area contributed by atoms with Gasteiger partial charge in [0, 0.05) is 15.5 Å². The van der Waals surface area contributed by atoms with Gasteiger partial charge >= 0.3 is 5.97 Å². The van der Waals surface area contributed by atoms with Crippen LogP contribution in [0.1, 0.15) is 11.1 Å². The molecule has 0 radical (unpaired) electrons. The molecule has 0 unspecified atom stereocenters. The summed E-state index contributed by atoms with van der Waals surface area (Å²) in [5.41, 5.74) is 2.13. The Morgan fingerprint density at radius 2 is 1.50 bits per heavy atom. The maximum Gasteiger partial charge on any atom is 0.307 e. The van der Waals surface area contributed by atoms with Gasteiger partial charge in [-0.05, 0) is 41.6 Å². The highest BCUT2D eigenvalue weighted by atomic mass is 32.2. The number of thioether (sulfide) groups is 2. The van der Waals surface area contributed by atoms with Crippen molar-refractivity contribution in [2.75, 3.05) is 6.26 Å². The van der Waals surface area contributed by atoms with Crippen LogP contribution in [0.15, 0.2) is 58.3 Å². The lowest BCUT2D eigenvalue weighted by molar-refractivity contribution is -0.136. The fourth-order valence-electron chi connectivity index (χ4n) is 1.77. The van der Waals surface area contributed by atoms with Crippen molar-refractivity contribution in [1.82, 2.24) is 0 Å². The predicted octanol–water partition coefficient (Wildman–Crippen LogP) is 4.33. The van der Waals surface area contributed by atoms with Gasteiger partial charge in [-0.25, -0.2) is 0 Å². The first-order chi connectivity index (χ1) is 9.67. The van der Waals surface area contributed by atoms with Gasteiger partial charge in [0.05, 0.1) is 6.42 Å². The molecule has 0 saturated carbocycles. The Balaban J connectivity index is 1.91. The van der Waals surface area contributed by atoms with Crippen LogP contribution in [0.25, 0.3) is 0 Å². The van der Waals surface area contributed by atoms with Gasteiger partial charge in [-0.2, -0.15) is 0 Å². The molecule has 0 heterocycles. The van der Waals surface area contributed by atoms with Crippen molar-refractivity contribution in [2.24, 2.45) is 0 Å². The molecule has 0 atom stereocenters. The molecule has 2 nitrogen and oxygen atoms in total. The molecule has 0 aliphatic rings. The zero-order chi connectivity index (χ0) is 14.4. The van der Waals surface area contributed by atoms with Crippen LogP contribution in [0, 0.1) is 0 Å². The molecule has 4 heteroatoms. The number of hydrogen-bond acceptors (Lipinski definition) is 3. The first kappa shape index (κ1) is 15.0. The number of carboxylic acid groups (broad SMARTS) is 1. The van der Waals surface area contributed by atoms with Crippen molar-refractivity contribution in [3.05, 3.63) is 59.7 Å². The lowest BCUT2D eigenvalue weighted by Crippen LogP contribution is -1.99. The Bertz CT molecular complexity index is 562. The molecule has 0 bridgehead atoms. The summed E-state index contributed by atoms with van der Waals surface area (Å²) in [6.07, 6.45) is 2.16. The van der Waals surface area contributed by atoms with E-state index in [4.69, 9.17) is 5.11 Å². The quantitative estimate of drug-likeness (QED) is 0.806. The third kappa shape index (κ3) is 4.62. The minimum absolute atomic E-state index is 0.0844. The monoisotopic (exact) mass is 304 g/mol. The van der Waals surface area contributed by atoms with Gasteiger partial charge in [0.2, 0.25) is 0 Å². The summed E-state index contributed by atoms with van der Waals surface area (Å²) in [6, 6.07) is 16.3. The molecule has 0 aromatic heterocycles. The van der Waals surface area contributed by atoms with Crippen LogP contribution >= 0.6 is 23.5 Å². The van der Waals surface area contributed by atoms with Crippen molar-refractivity contribution in [1.29, 1.82) is 0 Å². The Kier molecular flexibility index (Phi) is 5.56. The SMILES string of the molecule is CSc1ccc(CSc2ccc(CC(=O)O)cc2)cc1. The number of rotatable bonds is 6. The second-order valence-corrected chi connectivity index (χ2v) is 6.28. The van der Waals surface area contributed by atoms with E-state index in [0.717, 1.165) is 16.2 Å².